The maximum absolute atomic E-state index is 13.0. The molecule has 1 aliphatic heterocycles. The van der Waals surface area contributed by atoms with E-state index in [2.05, 4.69) is 0 Å². The molecule has 2 heterocycles. The summed E-state index contributed by atoms with van der Waals surface area (Å²) in [5.74, 6) is -0.696. The third kappa shape index (κ3) is 4.05. The molecule has 0 spiro atoms. The number of aliphatic hydroxyl groups is 1. The fourth-order valence-electron chi connectivity index (χ4n) is 3.76. The summed E-state index contributed by atoms with van der Waals surface area (Å²) in [6.07, 6.45) is 1.87. The largest absolute Gasteiger partial charge is 0.508 e. The first-order valence-electron chi connectivity index (χ1n) is 9.48. The van der Waals surface area contributed by atoms with Gasteiger partial charge in [0.25, 0.3) is 0 Å². The number of ketones is 1. The molecule has 28 heavy (non-hydrogen) atoms. The molecule has 1 saturated heterocycles. The van der Waals surface area contributed by atoms with E-state index in [0.29, 0.717) is 36.2 Å². The lowest BCUT2D eigenvalue weighted by molar-refractivity contribution is -0.132. The van der Waals surface area contributed by atoms with Gasteiger partial charge in [0.15, 0.2) is 5.78 Å². The van der Waals surface area contributed by atoms with Crippen LogP contribution in [-0.2, 0) is 17.6 Å². The number of aliphatic hydroxyl groups excluding tert-OH is 1. The first-order valence-corrected chi connectivity index (χ1v) is 10.4. The number of benzene rings is 1. The smallest absolute Gasteiger partial charge is 0.227 e. The summed E-state index contributed by atoms with van der Waals surface area (Å²) < 4.78 is 0. The minimum absolute atomic E-state index is 0.0554. The van der Waals surface area contributed by atoms with E-state index in [0.717, 1.165) is 12.8 Å². The molecule has 0 saturated carbocycles. The molecule has 2 aromatic rings. The van der Waals surface area contributed by atoms with Gasteiger partial charge in [0.1, 0.15) is 11.5 Å². The summed E-state index contributed by atoms with van der Waals surface area (Å²) in [5.41, 5.74) is 1.44. The minimum Gasteiger partial charge on any atom is -0.508 e. The number of rotatable bonds is 6. The zero-order valence-electron chi connectivity index (χ0n) is 15.9. The summed E-state index contributed by atoms with van der Waals surface area (Å²) in [7, 11) is 0. The van der Waals surface area contributed by atoms with Crippen LogP contribution in [0.3, 0.4) is 0 Å². The van der Waals surface area contributed by atoms with Gasteiger partial charge >= 0.3 is 0 Å². The van der Waals surface area contributed by atoms with Gasteiger partial charge in [0, 0.05) is 36.7 Å². The number of hydrogen-bond acceptors (Lipinski definition) is 6. The predicted octanol–water partition coefficient (Wildman–Crippen LogP) is 2.73. The molecule has 1 amide bonds. The lowest BCUT2D eigenvalue weighted by Gasteiger charge is -2.31. The van der Waals surface area contributed by atoms with Gasteiger partial charge in [0.2, 0.25) is 5.91 Å². The Morgan fingerprint density at radius 3 is 2.46 bits per heavy atom. The number of aromatic hydroxyl groups is 2. The SMILES string of the molecule is CCc1c(O)cc(O)c(C(=O)c2ccsc2)c1CC(=O)N1CCC(CO)CC1. The highest BCUT2D eigenvalue weighted by Gasteiger charge is 2.28. The summed E-state index contributed by atoms with van der Waals surface area (Å²) in [6.45, 7) is 3.08. The number of thiophene rings is 1. The maximum Gasteiger partial charge on any atom is 0.227 e. The van der Waals surface area contributed by atoms with E-state index < -0.39 is 0 Å². The number of amides is 1. The van der Waals surface area contributed by atoms with E-state index in [1.807, 2.05) is 6.92 Å². The molecule has 7 heteroatoms. The molecule has 1 aromatic carbocycles. The second kappa shape index (κ2) is 8.75. The molecule has 0 unspecified atom stereocenters. The van der Waals surface area contributed by atoms with Crippen LogP contribution in [0, 0.1) is 5.92 Å². The Kier molecular flexibility index (Phi) is 6.36. The first kappa shape index (κ1) is 20.4. The van der Waals surface area contributed by atoms with Crippen molar-refractivity contribution in [2.75, 3.05) is 19.7 Å². The van der Waals surface area contributed by atoms with Crippen molar-refractivity contribution in [1.82, 2.24) is 4.90 Å². The number of likely N-dealkylation sites (tertiary alicyclic amines) is 1. The third-order valence-electron chi connectivity index (χ3n) is 5.42. The first-order chi connectivity index (χ1) is 13.5. The van der Waals surface area contributed by atoms with Gasteiger partial charge in [-0.3, -0.25) is 9.59 Å². The lowest BCUT2D eigenvalue weighted by Crippen LogP contribution is -2.40. The average molecular weight is 404 g/mol. The summed E-state index contributed by atoms with van der Waals surface area (Å²) >= 11 is 1.38. The van der Waals surface area contributed by atoms with Crippen LogP contribution in [-0.4, -0.2) is 51.6 Å². The highest BCUT2D eigenvalue weighted by atomic mass is 32.1. The van der Waals surface area contributed by atoms with Gasteiger partial charge in [-0.25, -0.2) is 0 Å². The average Bonchev–Trinajstić information content (AvgIpc) is 3.22. The van der Waals surface area contributed by atoms with Crippen LogP contribution in [0.2, 0.25) is 0 Å². The molecule has 0 bridgehead atoms. The third-order valence-corrected chi connectivity index (χ3v) is 6.11. The lowest BCUT2D eigenvalue weighted by atomic mass is 9.90. The van der Waals surface area contributed by atoms with E-state index in [-0.39, 0.29) is 47.7 Å². The van der Waals surface area contributed by atoms with Crippen LogP contribution in [0.5, 0.6) is 11.5 Å². The Bertz CT molecular complexity index is 854. The second-order valence-corrected chi connectivity index (χ2v) is 7.91. The quantitative estimate of drug-likeness (QED) is 0.644. The van der Waals surface area contributed by atoms with E-state index in [1.165, 1.54) is 17.4 Å². The normalized spacial score (nSPS) is 15.0. The van der Waals surface area contributed by atoms with E-state index in [9.17, 15) is 24.9 Å². The molecule has 3 rings (SSSR count). The van der Waals surface area contributed by atoms with Crippen molar-refractivity contribution in [1.29, 1.82) is 0 Å². The molecule has 1 aliphatic rings. The molecule has 150 valence electrons. The molecular formula is C21H25NO5S. The van der Waals surface area contributed by atoms with Gasteiger partial charge in [-0.15, -0.1) is 0 Å². The van der Waals surface area contributed by atoms with Crippen molar-refractivity contribution >= 4 is 23.0 Å². The Morgan fingerprint density at radius 1 is 1.18 bits per heavy atom. The Balaban J connectivity index is 1.94. The van der Waals surface area contributed by atoms with Crippen LogP contribution < -0.4 is 0 Å². The molecule has 1 fully saturated rings. The fourth-order valence-corrected chi connectivity index (χ4v) is 4.39. The number of phenols is 2. The van der Waals surface area contributed by atoms with Crippen molar-refractivity contribution in [3.8, 4) is 11.5 Å². The van der Waals surface area contributed by atoms with Crippen LogP contribution in [0.4, 0.5) is 0 Å². The zero-order valence-corrected chi connectivity index (χ0v) is 16.7. The van der Waals surface area contributed by atoms with Gasteiger partial charge < -0.3 is 20.2 Å². The van der Waals surface area contributed by atoms with Crippen molar-refractivity contribution in [3.05, 3.63) is 45.1 Å². The highest BCUT2D eigenvalue weighted by molar-refractivity contribution is 7.08. The van der Waals surface area contributed by atoms with Gasteiger partial charge in [-0.2, -0.15) is 11.3 Å². The van der Waals surface area contributed by atoms with E-state index >= 15 is 0 Å². The topological polar surface area (TPSA) is 98.1 Å². The number of carbonyl (C=O) groups excluding carboxylic acids is 2. The number of piperidine rings is 1. The van der Waals surface area contributed by atoms with E-state index in [1.54, 1.807) is 21.7 Å². The van der Waals surface area contributed by atoms with E-state index in [4.69, 9.17) is 0 Å². The molecule has 0 aliphatic carbocycles. The van der Waals surface area contributed by atoms with Gasteiger partial charge in [-0.1, -0.05) is 6.92 Å². The fraction of sp³-hybridized carbons (Fsp3) is 0.429. The summed E-state index contributed by atoms with van der Waals surface area (Å²) in [4.78, 5) is 27.6. The summed E-state index contributed by atoms with van der Waals surface area (Å²) in [5, 5.41) is 33.5. The summed E-state index contributed by atoms with van der Waals surface area (Å²) in [6, 6.07) is 2.86. The highest BCUT2D eigenvalue weighted by Crippen LogP contribution is 2.35. The van der Waals surface area contributed by atoms with Crippen LogP contribution >= 0.6 is 11.3 Å². The Morgan fingerprint density at radius 2 is 1.89 bits per heavy atom. The van der Waals surface area contributed by atoms with Crippen molar-refractivity contribution in [3.63, 3.8) is 0 Å². The zero-order chi connectivity index (χ0) is 20.3. The van der Waals surface area contributed by atoms with Crippen molar-refractivity contribution < 1.29 is 24.9 Å². The number of phenolic OH excluding ortho intramolecular Hbond substituents is 2. The van der Waals surface area contributed by atoms with Crippen molar-refractivity contribution in [2.24, 2.45) is 5.92 Å². The molecular weight excluding hydrogens is 378 g/mol. The Hall–Kier alpha value is -2.38. The van der Waals surface area contributed by atoms with Gasteiger partial charge in [0.05, 0.1) is 12.0 Å². The molecule has 3 N–H and O–H groups in total. The monoisotopic (exact) mass is 403 g/mol. The Labute approximate surface area is 168 Å². The van der Waals surface area contributed by atoms with Crippen LogP contribution in [0.1, 0.15) is 46.8 Å². The molecule has 1 aromatic heterocycles. The van der Waals surface area contributed by atoms with Crippen LogP contribution in [0.25, 0.3) is 0 Å². The standard InChI is InChI=1S/C21H25NO5S/c1-2-15-16(9-19(26)22-6-3-13(11-23)4-7-22)20(18(25)10-17(15)24)21(27)14-5-8-28-12-14/h5,8,10,12-13,23-25H,2-4,6-7,9,11H2,1H3. The molecule has 6 nitrogen and oxygen atoms in total. The van der Waals surface area contributed by atoms with Crippen LogP contribution in [0.15, 0.2) is 22.9 Å². The second-order valence-electron chi connectivity index (χ2n) is 7.13. The molecule has 0 atom stereocenters. The number of hydrogen-bond donors (Lipinski definition) is 3. The molecule has 0 radical (unpaired) electrons. The number of nitrogens with zero attached hydrogens (tertiary/aromatic N) is 1. The minimum atomic E-state index is -0.352. The predicted molar refractivity (Wildman–Crippen MR) is 107 cm³/mol. The van der Waals surface area contributed by atoms with Crippen molar-refractivity contribution in [2.45, 2.75) is 32.6 Å². The maximum atomic E-state index is 13.0. The van der Waals surface area contributed by atoms with Gasteiger partial charge in [-0.05, 0) is 47.8 Å². The number of carbonyl (C=O) groups is 2.